The fraction of sp³-hybridized carbons (Fsp3) is 0.640. The van der Waals surface area contributed by atoms with Crippen LogP contribution in [0.15, 0.2) is 30.5 Å². The van der Waals surface area contributed by atoms with Crippen LogP contribution >= 0.6 is 0 Å². The number of carbonyl (C=O) groups is 1. The molecule has 3 saturated heterocycles. The third kappa shape index (κ3) is 5.03. The molecule has 172 valence electrons. The summed E-state index contributed by atoms with van der Waals surface area (Å²) in [6.45, 7) is 3.39. The molecule has 4 heterocycles. The Bertz CT molecular complexity index is 907. The number of nitrogens with zero attached hydrogens (tertiary/aromatic N) is 3. The van der Waals surface area contributed by atoms with E-state index in [1.807, 2.05) is 4.68 Å². The van der Waals surface area contributed by atoms with Crippen molar-refractivity contribution in [3.63, 3.8) is 0 Å². The SMILES string of the molecule is O=C(NCc1ccc(F)cc1)[C@H]1C[NH+]2CC[C@@H]1C[C@@H]2Cn1cc(CC2CCCCC2)nn1. The van der Waals surface area contributed by atoms with Gasteiger partial charge in [-0.3, -0.25) is 4.79 Å². The molecule has 4 atom stereocenters. The summed E-state index contributed by atoms with van der Waals surface area (Å²) in [7, 11) is 0. The summed E-state index contributed by atoms with van der Waals surface area (Å²) in [6, 6.07) is 6.85. The van der Waals surface area contributed by atoms with Crippen LogP contribution in [0.5, 0.6) is 0 Å². The maximum atomic E-state index is 13.1. The van der Waals surface area contributed by atoms with Crippen LogP contribution in [0.1, 0.15) is 56.2 Å². The molecular formula is C25H35FN5O+. The normalized spacial score (nSPS) is 28.0. The Hall–Kier alpha value is -2.28. The van der Waals surface area contributed by atoms with Crippen LogP contribution in [0.25, 0.3) is 0 Å². The maximum Gasteiger partial charge on any atom is 0.229 e. The van der Waals surface area contributed by atoms with Crippen molar-refractivity contribution >= 4 is 5.91 Å². The minimum absolute atomic E-state index is 0.0769. The highest BCUT2D eigenvalue weighted by Crippen LogP contribution is 2.28. The number of benzene rings is 1. The largest absolute Gasteiger partial charge is 0.352 e. The minimum atomic E-state index is -0.249. The van der Waals surface area contributed by atoms with Crippen LogP contribution in [-0.2, 0) is 24.3 Å². The molecule has 2 aromatic rings. The van der Waals surface area contributed by atoms with Crippen molar-refractivity contribution in [1.82, 2.24) is 20.3 Å². The molecule has 1 amide bonds. The summed E-state index contributed by atoms with van der Waals surface area (Å²) in [6.07, 6.45) is 12.2. The fourth-order valence-corrected chi connectivity index (χ4v) is 6.18. The molecule has 1 aromatic carbocycles. The van der Waals surface area contributed by atoms with Crippen molar-refractivity contribution in [2.45, 2.75) is 70.5 Å². The molecule has 6 rings (SSSR count). The zero-order chi connectivity index (χ0) is 21.9. The van der Waals surface area contributed by atoms with Gasteiger partial charge in [-0.15, -0.1) is 5.10 Å². The predicted molar refractivity (Wildman–Crippen MR) is 119 cm³/mol. The first kappa shape index (κ1) is 21.6. The zero-order valence-electron chi connectivity index (χ0n) is 18.8. The Kier molecular flexibility index (Phi) is 6.53. The van der Waals surface area contributed by atoms with Crippen LogP contribution in [0.3, 0.4) is 0 Å². The van der Waals surface area contributed by atoms with Crippen LogP contribution in [0.2, 0.25) is 0 Å². The Morgan fingerprint density at radius 2 is 1.97 bits per heavy atom. The first-order valence-electron chi connectivity index (χ1n) is 12.4. The average molecular weight is 441 g/mol. The Morgan fingerprint density at radius 1 is 1.16 bits per heavy atom. The third-order valence-electron chi connectivity index (χ3n) is 7.98. The van der Waals surface area contributed by atoms with Gasteiger partial charge in [0.2, 0.25) is 5.91 Å². The summed E-state index contributed by atoms with van der Waals surface area (Å²) in [5.41, 5.74) is 2.07. The molecule has 1 aliphatic carbocycles. The Morgan fingerprint density at radius 3 is 2.72 bits per heavy atom. The van der Waals surface area contributed by atoms with Gasteiger partial charge >= 0.3 is 0 Å². The molecule has 32 heavy (non-hydrogen) atoms. The van der Waals surface area contributed by atoms with Crippen molar-refractivity contribution in [3.8, 4) is 0 Å². The number of carbonyl (C=O) groups excluding carboxylic acids is 1. The second-order valence-corrected chi connectivity index (χ2v) is 10.2. The number of hydrogen-bond donors (Lipinski definition) is 2. The van der Waals surface area contributed by atoms with Crippen LogP contribution in [0.4, 0.5) is 4.39 Å². The van der Waals surface area contributed by atoms with Gasteiger partial charge in [-0.05, 0) is 36.0 Å². The van der Waals surface area contributed by atoms with Crippen molar-refractivity contribution in [2.75, 3.05) is 13.1 Å². The Balaban J connectivity index is 1.12. The topological polar surface area (TPSA) is 64.2 Å². The van der Waals surface area contributed by atoms with Crippen LogP contribution in [0, 0.1) is 23.6 Å². The number of rotatable bonds is 7. The number of aromatic nitrogens is 3. The smallest absolute Gasteiger partial charge is 0.229 e. The highest BCUT2D eigenvalue weighted by atomic mass is 19.1. The van der Waals surface area contributed by atoms with Crippen molar-refractivity contribution < 1.29 is 14.1 Å². The summed E-state index contributed by atoms with van der Waals surface area (Å²) in [5, 5.41) is 12.0. The van der Waals surface area contributed by atoms with Gasteiger partial charge in [0.1, 0.15) is 11.9 Å². The molecule has 0 spiro atoms. The van der Waals surface area contributed by atoms with Gasteiger partial charge < -0.3 is 10.2 Å². The van der Waals surface area contributed by atoms with Gasteiger partial charge in [-0.1, -0.05) is 49.5 Å². The fourth-order valence-electron chi connectivity index (χ4n) is 6.18. The van der Waals surface area contributed by atoms with Gasteiger partial charge in [-0.2, -0.15) is 0 Å². The average Bonchev–Trinajstić information content (AvgIpc) is 3.26. The summed E-state index contributed by atoms with van der Waals surface area (Å²) >= 11 is 0. The summed E-state index contributed by atoms with van der Waals surface area (Å²) < 4.78 is 15.1. The lowest BCUT2D eigenvalue weighted by Gasteiger charge is -2.46. The standard InChI is InChI=1S/C25H34FN5O/c26-21-8-6-19(7-9-21)14-27-25(32)24-17-30-11-10-20(24)13-23(30)16-31-15-22(28-29-31)12-18-4-2-1-3-5-18/h6-9,15,18,20,23-24H,1-5,10-14,16-17H2,(H,27,32)/p+1/t20-,23-,24+/m1/s1. The second kappa shape index (κ2) is 9.69. The van der Waals surface area contributed by atoms with E-state index in [9.17, 15) is 9.18 Å². The van der Waals surface area contributed by atoms with E-state index in [2.05, 4.69) is 21.8 Å². The molecule has 1 unspecified atom stereocenters. The number of quaternary nitrogens is 1. The molecule has 2 bridgehead atoms. The number of fused-ring (bicyclic) bond motifs is 3. The van der Waals surface area contributed by atoms with Gasteiger partial charge in [0.05, 0.1) is 31.2 Å². The van der Waals surface area contributed by atoms with E-state index in [-0.39, 0.29) is 17.6 Å². The van der Waals surface area contributed by atoms with Crippen molar-refractivity contribution in [2.24, 2.45) is 17.8 Å². The highest BCUT2D eigenvalue weighted by Gasteiger charge is 2.46. The highest BCUT2D eigenvalue weighted by molar-refractivity contribution is 5.79. The predicted octanol–water partition coefficient (Wildman–Crippen LogP) is 2.15. The molecule has 7 heteroatoms. The first-order valence-corrected chi connectivity index (χ1v) is 12.4. The molecule has 1 saturated carbocycles. The monoisotopic (exact) mass is 440 g/mol. The molecule has 4 aliphatic rings. The molecule has 1 aromatic heterocycles. The lowest BCUT2D eigenvalue weighted by atomic mass is 9.75. The van der Waals surface area contributed by atoms with E-state index in [0.717, 1.165) is 56.1 Å². The maximum absolute atomic E-state index is 13.1. The van der Waals surface area contributed by atoms with Gasteiger partial charge in [0, 0.05) is 25.6 Å². The van der Waals surface area contributed by atoms with Gasteiger partial charge in [0.15, 0.2) is 0 Å². The van der Waals surface area contributed by atoms with Gasteiger partial charge in [0.25, 0.3) is 0 Å². The van der Waals surface area contributed by atoms with Crippen molar-refractivity contribution in [3.05, 3.63) is 47.5 Å². The molecule has 4 fully saturated rings. The molecule has 6 nitrogen and oxygen atoms in total. The van der Waals surface area contributed by atoms with E-state index in [0.29, 0.717) is 18.5 Å². The minimum Gasteiger partial charge on any atom is -0.352 e. The number of hydrogen-bond acceptors (Lipinski definition) is 3. The zero-order valence-corrected chi connectivity index (χ0v) is 18.8. The summed E-state index contributed by atoms with van der Waals surface area (Å²) in [4.78, 5) is 14.4. The number of amides is 1. The Labute approximate surface area is 189 Å². The number of piperidine rings is 3. The quantitative estimate of drug-likeness (QED) is 0.694. The number of halogens is 1. The van der Waals surface area contributed by atoms with E-state index < -0.39 is 0 Å². The van der Waals surface area contributed by atoms with Gasteiger partial charge in [-0.25, -0.2) is 9.07 Å². The molecular weight excluding hydrogens is 405 g/mol. The van der Waals surface area contributed by atoms with E-state index in [1.165, 1.54) is 49.1 Å². The second-order valence-electron chi connectivity index (χ2n) is 10.2. The summed E-state index contributed by atoms with van der Waals surface area (Å²) in [5.74, 6) is 1.19. The molecule has 0 radical (unpaired) electrons. The molecule has 3 aliphatic heterocycles. The van der Waals surface area contributed by atoms with E-state index in [4.69, 9.17) is 0 Å². The van der Waals surface area contributed by atoms with E-state index >= 15 is 0 Å². The number of nitrogens with one attached hydrogen (secondary N) is 2. The first-order chi connectivity index (χ1) is 15.6. The lowest BCUT2D eigenvalue weighted by molar-refractivity contribution is -0.945. The van der Waals surface area contributed by atoms with E-state index in [1.54, 1.807) is 12.1 Å². The lowest BCUT2D eigenvalue weighted by Crippen LogP contribution is -3.20. The third-order valence-corrected chi connectivity index (χ3v) is 7.98. The molecule has 2 N–H and O–H groups in total. The van der Waals surface area contributed by atoms with Crippen LogP contribution in [-0.4, -0.2) is 40.0 Å². The van der Waals surface area contributed by atoms with Crippen molar-refractivity contribution in [1.29, 1.82) is 0 Å². The van der Waals surface area contributed by atoms with Crippen LogP contribution < -0.4 is 10.2 Å².